The maximum absolute atomic E-state index is 12.1. The molecule has 7 heteroatoms. The van der Waals surface area contributed by atoms with Crippen molar-refractivity contribution in [1.29, 1.82) is 0 Å². The smallest absolute Gasteiger partial charge is 0.387 e. The summed E-state index contributed by atoms with van der Waals surface area (Å²) in [4.78, 5) is 0. The zero-order valence-corrected chi connectivity index (χ0v) is 11.8. The van der Waals surface area contributed by atoms with E-state index in [2.05, 4.69) is 26.0 Å². The molecule has 0 saturated carbocycles. The molecule has 1 heterocycles. The Morgan fingerprint density at radius 1 is 1.32 bits per heavy atom. The van der Waals surface area contributed by atoms with Gasteiger partial charge in [-0.15, -0.1) is 0 Å². The molecule has 0 aliphatic carbocycles. The maximum atomic E-state index is 12.1. The van der Waals surface area contributed by atoms with Gasteiger partial charge in [0.15, 0.2) is 4.67 Å². The number of halogens is 4. The Labute approximate surface area is 121 Å². The molecule has 3 nitrogen and oxygen atoms in total. The van der Waals surface area contributed by atoms with Crippen LogP contribution in [0, 0.1) is 0 Å². The van der Waals surface area contributed by atoms with E-state index in [4.69, 9.17) is 16.0 Å². The van der Waals surface area contributed by atoms with Crippen molar-refractivity contribution in [3.8, 4) is 5.75 Å². The molecule has 0 amide bonds. The van der Waals surface area contributed by atoms with Crippen LogP contribution in [0.25, 0.3) is 0 Å². The number of hydrogen-bond acceptors (Lipinski definition) is 3. The van der Waals surface area contributed by atoms with Crippen molar-refractivity contribution < 1.29 is 17.9 Å². The first-order chi connectivity index (χ1) is 9.04. The summed E-state index contributed by atoms with van der Waals surface area (Å²) in [5.41, 5.74) is 0.680. The second-order valence-corrected chi connectivity index (χ2v) is 4.77. The summed E-state index contributed by atoms with van der Waals surface area (Å²) in [7, 11) is 0. The molecule has 0 unspecified atom stereocenters. The Bertz CT molecular complexity index is 562. The Hall–Kier alpha value is -1.27. The highest BCUT2D eigenvalue weighted by Crippen LogP contribution is 2.29. The third-order valence-corrected chi connectivity index (χ3v) is 2.97. The normalized spacial score (nSPS) is 10.8. The first-order valence-electron chi connectivity index (χ1n) is 5.27. The van der Waals surface area contributed by atoms with E-state index in [1.807, 2.05) is 6.07 Å². The average molecular weight is 353 g/mol. The first kappa shape index (κ1) is 14.1. The fourth-order valence-corrected chi connectivity index (χ4v) is 2.00. The standard InChI is InChI=1S/C12H9BrClF2NO2/c13-11-4-2-8(18-11)6-17-7-1-3-10(9(14)5-7)19-12(15)16/h1-5,12,17H,6H2. The minimum absolute atomic E-state index is 0.0528. The summed E-state index contributed by atoms with van der Waals surface area (Å²) in [6.45, 7) is -2.44. The first-order valence-corrected chi connectivity index (χ1v) is 6.44. The Morgan fingerprint density at radius 2 is 2.11 bits per heavy atom. The van der Waals surface area contributed by atoms with Gasteiger partial charge in [0.1, 0.15) is 11.5 Å². The second kappa shape index (κ2) is 6.25. The van der Waals surface area contributed by atoms with E-state index in [9.17, 15) is 8.78 Å². The number of alkyl halides is 2. The summed E-state index contributed by atoms with van der Waals surface area (Å²) < 4.78 is 34.3. The number of hydrogen-bond donors (Lipinski definition) is 1. The van der Waals surface area contributed by atoms with Gasteiger partial charge in [0.05, 0.1) is 11.6 Å². The van der Waals surface area contributed by atoms with Gasteiger partial charge in [-0.05, 0) is 46.3 Å². The van der Waals surface area contributed by atoms with E-state index in [0.29, 0.717) is 16.9 Å². The minimum Gasteiger partial charge on any atom is -0.452 e. The Balaban J connectivity index is 1.99. The Morgan fingerprint density at radius 3 is 2.68 bits per heavy atom. The number of rotatable bonds is 5. The maximum Gasteiger partial charge on any atom is 0.387 e. The zero-order chi connectivity index (χ0) is 13.8. The van der Waals surface area contributed by atoms with Crippen molar-refractivity contribution in [2.24, 2.45) is 0 Å². The lowest BCUT2D eigenvalue weighted by atomic mass is 10.3. The molecule has 0 radical (unpaired) electrons. The van der Waals surface area contributed by atoms with Crippen molar-refractivity contribution in [1.82, 2.24) is 0 Å². The summed E-state index contributed by atoms with van der Waals surface area (Å²) in [5.74, 6) is 0.680. The highest BCUT2D eigenvalue weighted by molar-refractivity contribution is 9.10. The summed E-state index contributed by atoms with van der Waals surface area (Å²) in [6.07, 6.45) is 0. The van der Waals surface area contributed by atoms with Crippen molar-refractivity contribution >= 4 is 33.2 Å². The predicted octanol–water partition coefficient (Wildman–Crippen LogP) is 4.91. The van der Waals surface area contributed by atoms with Crippen LogP contribution in [0.2, 0.25) is 5.02 Å². The largest absolute Gasteiger partial charge is 0.452 e. The number of ether oxygens (including phenoxy) is 1. The molecule has 0 aliphatic rings. The lowest BCUT2D eigenvalue weighted by molar-refractivity contribution is -0.0497. The number of anilines is 1. The topological polar surface area (TPSA) is 34.4 Å². The summed E-state index contributed by atoms with van der Waals surface area (Å²) in [5, 5.41) is 3.17. The average Bonchev–Trinajstić information content (AvgIpc) is 2.75. The molecule has 1 N–H and O–H groups in total. The van der Waals surface area contributed by atoms with Crippen LogP contribution in [-0.4, -0.2) is 6.61 Å². The van der Waals surface area contributed by atoms with E-state index in [-0.39, 0.29) is 10.8 Å². The van der Waals surface area contributed by atoms with Gasteiger partial charge in [-0.2, -0.15) is 8.78 Å². The predicted molar refractivity (Wildman–Crippen MR) is 71.8 cm³/mol. The lowest BCUT2D eigenvalue weighted by Crippen LogP contribution is -2.03. The van der Waals surface area contributed by atoms with Crippen LogP contribution < -0.4 is 10.1 Å². The number of benzene rings is 1. The molecule has 1 aromatic carbocycles. The molecule has 0 aliphatic heterocycles. The summed E-state index contributed by atoms with van der Waals surface area (Å²) in [6, 6.07) is 8.09. The van der Waals surface area contributed by atoms with E-state index in [1.165, 1.54) is 12.1 Å². The molecule has 19 heavy (non-hydrogen) atoms. The van der Waals surface area contributed by atoms with Crippen molar-refractivity contribution in [2.45, 2.75) is 13.2 Å². The van der Waals surface area contributed by atoms with E-state index < -0.39 is 6.61 Å². The van der Waals surface area contributed by atoms with Crippen molar-refractivity contribution in [3.63, 3.8) is 0 Å². The van der Waals surface area contributed by atoms with E-state index in [0.717, 1.165) is 5.76 Å². The zero-order valence-electron chi connectivity index (χ0n) is 9.50. The second-order valence-electron chi connectivity index (χ2n) is 3.58. The monoisotopic (exact) mass is 351 g/mol. The van der Waals surface area contributed by atoms with Gasteiger partial charge in [0.2, 0.25) is 0 Å². The van der Waals surface area contributed by atoms with Gasteiger partial charge in [-0.25, -0.2) is 0 Å². The molecule has 0 spiro atoms. The van der Waals surface area contributed by atoms with E-state index >= 15 is 0 Å². The van der Waals surface area contributed by atoms with Gasteiger partial charge in [-0.3, -0.25) is 0 Å². The van der Waals surface area contributed by atoms with Crippen LogP contribution in [0.5, 0.6) is 5.75 Å². The highest BCUT2D eigenvalue weighted by atomic mass is 79.9. The fourth-order valence-electron chi connectivity index (χ4n) is 1.44. The van der Waals surface area contributed by atoms with Gasteiger partial charge in [0, 0.05) is 5.69 Å². The highest BCUT2D eigenvalue weighted by Gasteiger charge is 2.09. The van der Waals surface area contributed by atoms with Crippen LogP contribution in [0.3, 0.4) is 0 Å². The third kappa shape index (κ3) is 4.11. The van der Waals surface area contributed by atoms with Crippen LogP contribution >= 0.6 is 27.5 Å². The van der Waals surface area contributed by atoms with Crippen LogP contribution in [0.1, 0.15) is 5.76 Å². The third-order valence-electron chi connectivity index (χ3n) is 2.24. The lowest BCUT2D eigenvalue weighted by Gasteiger charge is -2.09. The minimum atomic E-state index is -2.89. The number of furan rings is 1. The van der Waals surface area contributed by atoms with Crippen LogP contribution in [0.4, 0.5) is 14.5 Å². The molecule has 2 aromatic rings. The van der Waals surface area contributed by atoms with Crippen LogP contribution in [-0.2, 0) is 6.54 Å². The quantitative estimate of drug-likeness (QED) is 0.830. The van der Waals surface area contributed by atoms with Gasteiger partial charge in [0.25, 0.3) is 0 Å². The molecule has 2 rings (SSSR count). The Kier molecular flexibility index (Phi) is 4.66. The number of nitrogens with one attached hydrogen (secondary N) is 1. The van der Waals surface area contributed by atoms with Crippen LogP contribution in [0.15, 0.2) is 39.4 Å². The molecule has 0 bridgehead atoms. The molecule has 0 fully saturated rings. The van der Waals surface area contributed by atoms with Gasteiger partial charge >= 0.3 is 6.61 Å². The molecule has 102 valence electrons. The molecule has 0 saturated heterocycles. The van der Waals surface area contributed by atoms with Gasteiger partial charge < -0.3 is 14.5 Å². The SMILES string of the molecule is FC(F)Oc1ccc(NCc2ccc(Br)o2)cc1Cl. The molecule has 0 atom stereocenters. The summed E-state index contributed by atoms with van der Waals surface area (Å²) >= 11 is 9.03. The van der Waals surface area contributed by atoms with E-state index in [1.54, 1.807) is 12.1 Å². The molecular formula is C12H9BrClF2NO2. The van der Waals surface area contributed by atoms with Gasteiger partial charge in [-0.1, -0.05) is 11.6 Å². The van der Waals surface area contributed by atoms with Crippen molar-refractivity contribution in [3.05, 3.63) is 45.8 Å². The van der Waals surface area contributed by atoms with Crippen molar-refractivity contribution in [2.75, 3.05) is 5.32 Å². The fraction of sp³-hybridized carbons (Fsp3) is 0.167. The molecule has 1 aromatic heterocycles. The molecular weight excluding hydrogens is 343 g/mol.